The van der Waals surface area contributed by atoms with E-state index in [0.717, 1.165) is 71.4 Å². The van der Waals surface area contributed by atoms with Crippen LogP contribution in [0.1, 0.15) is 12.5 Å². The minimum atomic E-state index is 0.396. The maximum Gasteiger partial charge on any atom is 0.165 e. The van der Waals surface area contributed by atoms with Crippen molar-refractivity contribution < 1.29 is 0 Å². The predicted octanol–water partition coefficient (Wildman–Crippen LogP) is 5.94. The summed E-state index contributed by atoms with van der Waals surface area (Å²) >= 11 is 0. The number of nitrogen functional groups attached to an aromatic ring is 1. The van der Waals surface area contributed by atoms with Crippen molar-refractivity contribution in [3.8, 4) is 28.3 Å². The molecule has 6 rings (SSSR count). The summed E-state index contributed by atoms with van der Waals surface area (Å²) in [6.07, 6.45) is 3.54. The Balaban J connectivity index is 1.35. The predicted molar refractivity (Wildman–Crippen MR) is 163 cm³/mol. The molecule has 1 fully saturated rings. The summed E-state index contributed by atoms with van der Waals surface area (Å²) in [6.45, 7) is 14.1. The van der Waals surface area contributed by atoms with Crippen LogP contribution in [-0.4, -0.2) is 55.0 Å². The number of anilines is 1. The number of benzene rings is 2. The molecule has 3 aromatic heterocycles. The standard InChI is InChI=1S/C33H33N7/c1-4-23(2)39-20-19-38(21-24(39)3)22-25-12-14-27(15-13-25)40-32(28-11-8-18-35-31(28)34)37-30-17-16-29(36-33(30)40)26-9-6-5-7-10-26/h4-18,24H,1-2,19-22H2,3H3,(H2,34,35)/t24-/m0/s1. The van der Waals surface area contributed by atoms with E-state index in [0.29, 0.717) is 11.9 Å². The number of fused-ring (bicyclic) bond motifs is 1. The van der Waals surface area contributed by atoms with Gasteiger partial charge in [0, 0.05) is 55.4 Å². The fourth-order valence-electron chi connectivity index (χ4n) is 5.49. The lowest BCUT2D eigenvalue weighted by atomic mass is 10.1. The minimum absolute atomic E-state index is 0.396. The second-order valence-electron chi connectivity index (χ2n) is 10.3. The number of pyridine rings is 2. The summed E-state index contributed by atoms with van der Waals surface area (Å²) in [6, 6.07) is 27.1. The molecule has 0 spiro atoms. The van der Waals surface area contributed by atoms with Gasteiger partial charge in [-0.3, -0.25) is 9.47 Å². The van der Waals surface area contributed by atoms with E-state index in [1.807, 2.05) is 48.5 Å². The number of hydrogen-bond donors (Lipinski definition) is 1. The summed E-state index contributed by atoms with van der Waals surface area (Å²) in [5.74, 6) is 1.16. The van der Waals surface area contributed by atoms with Gasteiger partial charge in [-0.25, -0.2) is 15.0 Å². The molecule has 0 radical (unpaired) electrons. The molecule has 0 unspecified atom stereocenters. The second kappa shape index (κ2) is 10.8. The molecule has 200 valence electrons. The fourth-order valence-corrected chi connectivity index (χ4v) is 5.49. The highest BCUT2D eigenvalue weighted by Crippen LogP contribution is 2.32. The van der Waals surface area contributed by atoms with Gasteiger partial charge in [0.25, 0.3) is 0 Å². The first-order valence-corrected chi connectivity index (χ1v) is 13.6. The third-order valence-electron chi connectivity index (χ3n) is 7.57. The average molecular weight is 528 g/mol. The number of aromatic nitrogens is 4. The highest BCUT2D eigenvalue weighted by Gasteiger charge is 2.24. The molecule has 5 aromatic rings. The van der Waals surface area contributed by atoms with Gasteiger partial charge in [-0.05, 0) is 55.0 Å². The Labute approximate surface area is 234 Å². The van der Waals surface area contributed by atoms with Crippen LogP contribution in [0.5, 0.6) is 0 Å². The number of piperazine rings is 1. The highest BCUT2D eigenvalue weighted by atomic mass is 15.3. The normalized spacial score (nSPS) is 15.8. The Morgan fingerprint density at radius 1 is 0.975 bits per heavy atom. The maximum absolute atomic E-state index is 6.31. The second-order valence-corrected chi connectivity index (χ2v) is 10.3. The van der Waals surface area contributed by atoms with E-state index in [4.69, 9.17) is 15.7 Å². The highest BCUT2D eigenvalue weighted by molar-refractivity contribution is 5.84. The number of nitrogens with two attached hydrogens (primary N) is 1. The van der Waals surface area contributed by atoms with Crippen molar-refractivity contribution in [3.63, 3.8) is 0 Å². The molecule has 0 aliphatic carbocycles. The van der Waals surface area contributed by atoms with Crippen molar-refractivity contribution in [2.75, 3.05) is 25.4 Å². The molecule has 1 atom stereocenters. The van der Waals surface area contributed by atoms with Crippen LogP contribution in [0.2, 0.25) is 0 Å². The lowest BCUT2D eigenvalue weighted by molar-refractivity contribution is 0.109. The number of imidazole rings is 1. The van der Waals surface area contributed by atoms with Gasteiger partial charge in [-0.1, -0.05) is 55.6 Å². The van der Waals surface area contributed by atoms with Crippen molar-refractivity contribution >= 4 is 17.0 Å². The van der Waals surface area contributed by atoms with Gasteiger partial charge in [0.2, 0.25) is 0 Å². The third-order valence-corrected chi connectivity index (χ3v) is 7.57. The quantitative estimate of drug-likeness (QED) is 0.264. The Morgan fingerprint density at radius 2 is 1.77 bits per heavy atom. The summed E-state index contributed by atoms with van der Waals surface area (Å²) in [5, 5.41) is 0. The molecule has 1 saturated heterocycles. The zero-order valence-electron chi connectivity index (χ0n) is 22.7. The molecule has 0 saturated carbocycles. The van der Waals surface area contributed by atoms with Crippen LogP contribution in [0.15, 0.2) is 110 Å². The molecule has 2 aromatic carbocycles. The number of rotatable bonds is 7. The minimum Gasteiger partial charge on any atom is -0.383 e. The van der Waals surface area contributed by atoms with Crippen LogP contribution in [0.4, 0.5) is 5.82 Å². The Bertz CT molecular complexity index is 1670. The zero-order chi connectivity index (χ0) is 27.6. The van der Waals surface area contributed by atoms with Crippen LogP contribution in [0.3, 0.4) is 0 Å². The largest absolute Gasteiger partial charge is 0.383 e. The molecule has 2 N–H and O–H groups in total. The molecule has 40 heavy (non-hydrogen) atoms. The maximum atomic E-state index is 6.31. The Kier molecular flexibility index (Phi) is 6.88. The smallest absolute Gasteiger partial charge is 0.165 e. The molecular formula is C33H33N7. The van der Waals surface area contributed by atoms with Gasteiger partial charge >= 0.3 is 0 Å². The summed E-state index contributed by atoms with van der Waals surface area (Å²) in [5.41, 5.74) is 13.9. The van der Waals surface area contributed by atoms with Crippen LogP contribution in [-0.2, 0) is 6.54 Å². The van der Waals surface area contributed by atoms with E-state index >= 15 is 0 Å². The molecular weight excluding hydrogens is 494 g/mol. The van der Waals surface area contributed by atoms with E-state index in [-0.39, 0.29) is 0 Å². The number of nitrogens with zero attached hydrogens (tertiary/aromatic N) is 6. The summed E-state index contributed by atoms with van der Waals surface area (Å²) in [4.78, 5) is 19.2. The van der Waals surface area contributed by atoms with E-state index in [1.165, 1.54) is 5.56 Å². The number of hydrogen-bond acceptors (Lipinski definition) is 6. The Morgan fingerprint density at radius 3 is 2.50 bits per heavy atom. The van der Waals surface area contributed by atoms with Gasteiger partial charge in [-0.15, -0.1) is 0 Å². The van der Waals surface area contributed by atoms with Crippen LogP contribution in [0, 0.1) is 0 Å². The molecule has 1 aliphatic rings. The van der Waals surface area contributed by atoms with Crippen molar-refractivity contribution in [1.82, 2.24) is 29.3 Å². The van der Waals surface area contributed by atoms with Crippen molar-refractivity contribution in [2.45, 2.75) is 19.5 Å². The van der Waals surface area contributed by atoms with Crippen molar-refractivity contribution in [2.24, 2.45) is 0 Å². The summed E-state index contributed by atoms with van der Waals surface area (Å²) < 4.78 is 2.08. The molecule has 7 nitrogen and oxygen atoms in total. The van der Waals surface area contributed by atoms with Crippen molar-refractivity contribution in [1.29, 1.82) is 0 Å². The van der Waals surface area contributed by atoms with E-state index < -0.39 is 0 Å². The van der Waals surface area contributed by atoms with Crippen LogP contribution >= 0.6 is 0 Å². The van der Waals surface area contributed by atoms with Gasteiger partial charge in [0.15, 0.2) is 11.5 Å². The fraction of sp³-hybridized carbons (Fsp3) is 0.182. The van der Waals surface area contributed by atoms with Crippen molar-refractivity contribution in [3.05, 3.63) is 116 Å². The van der Waals surface area contributed by atoms with E-state index in [1.54, 1.807) is 6.20 Å². The molecule has 1 aliphatic heterocycles. The molecule has 0 amide bonds. The van der Waals surface area contributed by atoms with E-state index in [2.05, 4.69) is 75.8 Å². The van der Waals surface area contributed by atoms with Gasteiger partial charge in [-0.2, -0.15) is 0 Å². The molecule has 4 heterocycles. The van der Waals surface area contributed by atoms with E-state index in [9.17, 15) is 0 Å². The van der Waals surface area contributed by atoms with Gasteiger partial charge < -0.3 is 10.6 Å². The SMILES string of the molecule is C=CC(=C)N1CCN(Cc2ccc(-n3c(-c4cccnc4N)nc4ccc(-c5ccccc5)nc43)cc2)C[C@@H]1C. The molecule has 7 heteroatoms. The van der Waals surface area contributed by atoms with Gasteiger partial charge in [0.1, 0.15) is 11.3 Å². The van der Waals surface area contributed by atoms with Crippen LogP contribution < -0.4 is 5.73 Å². The molecule has 0 bridgehead atoms. The summed E-state index contributed by atoms with van der Waals surface area (Å²) in [7, 11) is 0. The number of allylic oxidation sites excluding steroid dienone is 1. The van der Waals surface area contributed by atoms with Gasteiger partial charge in [0.05, 0.1) is 11.3 Å². The van der Waals surface area contributed by atoms with Crippen LogP contribution in [0.25, 0.3) is 39.5 Å². The topological polar surface area (TPSA) is 76.1 Å². The average Bonchev–Trinajstić information content (AvgIpc) is 3.36. The Hall–Kier alpha value is -4.75. The zero-order valence-corrected chi connectivity index (χ0v) is 22.7. The monoisotopic (exact) mass is 527 g/mol. The third kappa shape index (κ3) is 4.87. The first-order chi connectivity index (χ1) is 19.5. The first-order valence-electron chi connectivity index (χ1n) is 13.6. The first kappa shape index (κ1) is 25.5. The lowest BCUT2D eigenvalue weighted by Gasteiger charge is -2.41. The lowest BCUT2D eigenvalue weighted by Crippen LogP contribution is -2.50.